The zero-order valence-corrected chi connectivity index (χ0v) is 57.6. The summed E-state index contributed by atoms with van der Waals surface area (Å²) in [5, 5.41) is 8.65. The van der Waals surface area contributed by atoms with Crippen molar-refractivity contribution in [3.63, 3.8) is 0 Å². The van der Waals surface area contributed by atoms with Gasteiger partial charge in [0.05, 0.1) is 6.07 Å². The van der Waals surface area contributed by atoms with Crippen molar-refractivity contribution in [1.82, 2.24) is 19.6 Å². The zero-order chi connectivity index (χ0) is 64.6. The molecule has 5 atom stereocenters. The van der Waals surface area contributed by atoms with Crippen LogP contribution in [0.3, 0.4) is 0 Å². The molecule has 9 aliphatic rings. The lowest BCUT2D eigenvalue weighted by Crippen LogP contribution is -2.52. The van der Waals surface area contributed by atoms with E-state index in [-0.39, 0.29) is 41.0 Å². The van der Waals surface area contributed by atoms with Crippen molar-refractivity contribution >= 4 is 17.7 Å². The first-order valence-corrected chi connectivity index (χ1v) is 34.5. The smallest absolute Gasteiger partial charge is 0.237 e. The highest BCUT2D eigenvalue weighted by Gasteiger charge is 2.57. The van der Waals surface area contributed by atoms with Gasteiger partial charge in [0, 0.05) is 117 Å². The molecule has 0 spiro atoms. The van der Waals surface area contributed by atoms with Gasteiger partial charge in [-0.1, -0.05) is 60.1 Å². The zero-order valence-electron chi connectivity index (χ0n) is 57.6. The fraction of sp³-hybridized carbons (Fsp3) is 0.875. The summed E-state index contributed by atoms with van der Waals surface area (Å²) >= 11 is 0. The number of nitrogens with two attached hydrogens (primary N) is 3. The van der Waals surface area contributed by atoms with Gasteiger partial charge in [0.25, 0.3) is 0 Å². The highest BCUT2D eigenvalue weighted by molar-refractivity contribution is 5.77. The molecule has 86 heavy (non-hydrogen) atoms. The molecule has 0 radical (unpaired) electrons. The molecule has 5 aliphatic heterocycles. The number of hydrogen-bond acceptors (Lipinski definition) is 8. The van der Waals surface area contributed by atoms with Crippen molar-refractivity contribution in [2.75, 3.05) is 39.3 Å². The van der Waals surface area contributed by atoms with Crippen LogP contribution in [0.1, 0.15) is 246 Å². The maximum atomic E-state index is 10.9. The van der Waals surface area contributed by atoms with Crippen molar-refractivity contribution in [2.45, 2.75) is 299 Å². The predicted molar refractivity (Wildman–Crippen MR) is 356 cm³/mol. The largest absolute Gasteiger partial charge is 0.369 e. The molecule has 8 fully saturated rings. The maximum absolute atomic E-state index is 10.9. The molecular weight excluding hydrogens is 1070 g/mol. The summed E-state index contributed by atoms with van der Waals surface area (Å²) < 4.78 is 0. The first-order chi connectivity index (χ1) is 40.4. The van der Waals surface area contributed by atoms with E-state index in [1.54, 1.807) is 0 Å². The molecule has 5 saturated heterocycles. The minimum Gasteiger partial charge on any atom is -0.369 e. The number of allylic oxidation sites excluding steroid dienone is 2. The van der Waals surface area contributed by atoms with Gasteiger partial charge in [0.1, 0.15) is 0 Å². The molecule has 4 bridgehead atoms. The van der Waals surface area contributed by atoms with Gasteiger partial charge in [-0.2, -0.15) is 5.26 Å². The molecule has 3 saturated carbocycles. The third-order valence-electron chi connectivity index (χ3n) is 22.4. The van der Waals surface area contributed by atoms with Gasteiger partial charge < -0.3 is 41.5 Å². The molecule has 14 nitrogen and oxygen atoms in total. The van der Waals surface area contributed by atoms with E-state index in [4.69, 9.17) is 42.2 Å². The van der Waals surface area contributed by atoms with Crippen LogP contribution in [0.15, 0.2) is 11.6 Å². The minimum absolute atomic E-state index is 0.0363. The van der Waals surface area contributed by atoms with Gasteiger partial charge in [-0.25, -0.2) is 19.7 Å². The Labute approximate surface area is 527 Å². The highest BCUT2D eigenvalue weighted by Crippen LogP contribution is 2.48. The second kappa shape index (κ2) is 37.2. The molecule has 3 amide bonds. The van der Waals surface area contributed by atoms with E-state index in [1.165, 1.54) is 56.9 Å². The Morgan fingerprint density at radius 2 is 1.00 bits per heavy atom. The van der Waals surface area contributed by atoms with Crippen molar-refractivity contribution in [3.05, 3.63) is 45.9 Å². The number of rotatable bonds is 10. The van der Waals surface area contributed by atoms with Gasteiger partial charge >= 0.3 is 0 Å². The van der Waals surface area contributed by atoms with Gasteiger partial charge in [-0.05, 0) is 220 Å². The Balaban J connectivity index is 0.000000263. The van der Waals surface area contributed by atoms with Crippen LogP contribution in [-0.4, -0.2) is 130 Å². The summed E-state index contributed by atoms with van der Waals surface area (Å²) in [6.45, 7) is 63.9. The maximum Gasteiger partial charge on any atom is 0.237 e. The summed E-state index contributed by atoms with van der Waals surface area (Å²) in [4.78, 5) is 53.8. The molecule has 0 aromatic rings. The molecule has 6 N–H and O–H groups in total. The normalized spacial score (nSPS) is 31.4. The molecule has 5 unspecified atom stereocenters. The van der Waals surface area contributed by atoms with Crippen molar-refractivity contribution in [2.24, 2.45) is 81.8 Å². The van der Waals surface area contributed by atoms with Crippen LogP contribution in [0.4, 0.5) is 0 Å². The predicted octanol–water partition coefficient (Wildman–Crippen LogP) is 14.2. The topological polar surface area (TPSA) is 179 Å². The summed E-state index contributed by atoms with van der Waals surface area (Å²) in [6.07, 6.45) is 25.6. The van der Waals surface area contributed by atoms with E-state index >= 15 is 0 Å². The van der Waals surface area contributed by atoms with E-state index in [2.05, 4.69) is 157 Å². The number of carbonyl (C=O) groups excluding carboxylic acids is 3. The lowest BCUT2D eigenvalue weighted by molar-refractivity contribution is -0.124. The average molecular weight is 1190 g/mol. The second-order valence-corrected chi connectivity index (χ2v) is 30.1. The van der Waals surface area contributed by atoms with Crippen LogP contribution >= 0.6 is 0 Å². The Bertz CT molecular complexity index is 2150. The van der Waals surface area contributed by atoms with Crippen LogP contribution in [0.5, 0.6) is 0 Å². The first-order valence-electron chi connectivity index (χ1n) is 34.5. The summed E-state index contributed by atoms with van der Waals surface area (Å²) in [7, 11) is 0. The molecule has 5 heterocycles. The molecule has 9 rings (SSSR count). The summed E-state index contributed by atoms with van der Waals surface area (Å²) in [6, 6.07) is 7.00. The van der Waals surface area contributed by atoms with Gasteiger partial charge in [0.15, 0.2) is 0 Å². The van der Waals surface area contributed by atoms with Crippen LogP contribution in [0.25, 0.3) is 14.5 Å². The minimum atomic E-state index is -0.144. The van der Waals surface area contributed by atoms with E-state index in [1.807, 2.05) is 0 Å². The van der Waals surface area contributed by atoms with E-state index in [0.717, 1.165) is 153 Å². The van der Waals surface area contributed by atoms with Gasteiger partial charge in [0.2, 0.25) is 35.3 Å². The lowest BCUT2D eigenvalue weighted by atomic mass is 9.67. The van der Waals surface area contributed by atoms with Gasteiger partial charge in [-0.15, -0.1) is 0 Å². The molecule has 14 heteroatoms. The third kappa shape index (κ3) is 23.7. The van der Waals surface area contributed by atoms with E-state index in [9.17, 15) is 14.4 Å². The number of nitrogens with zero attached hydrogens (tertiary/aromatic N) is 8. The number of carbonyl (C=O) groups is 3. The fourth-order valence-corrected chi connectivity index (χ4v) is 15.2. The van der Waals surface area contributed by atoms with Gasteiger partial charge in [-0.3, -0.25) is 24.2 Å². The average Bonchev–Trinajstić information content (AvgIpc) is 1.98. The first kappa shape index (κ1) is 76.2. The van der Waals surface area contributed by atoms with Crippen molar-refractivity contribution < 1.29 is 14.4 Å². The number of primary amides is 3. The van der Waals surface area contributed by atoms with E-state index in [0.29, 0.717) is 65.3 Å². The summed E-state index contributed by atoms with van der Waals surface area (Å²) in [5.41, 5.74) is 17.7. The number of fused-ring (bicyclic) bond motifs is 4. The number of amides is 3. The molecule has 0 aromatic carbocycles. The third-order valence-corrected chi connectivity index (χ3v) is 22.4. The SMILES string of the molecule is CC(C)C1=CCC(C(N)=O)CC1.CC(C)C1CCC(C(N)=O)CC1.CC(C)N1CCC(C#N)CC1.CC(C)N1CCC(C(N)=O)CC1.[C-]#[N+]C1(C)C2CCC1CN(C(C)C)C2.[C-]#[N+]C1CC2CCC(C1)N2C(C)C.[C-]#[N+]C1CCC(C)(C(C)C)CC1. The Morgan fingerprint density at radius 1 is 0.558 bits per heavy atom. The Hall–Kier alpha value is -4.05. The molecule has 488 valence electrons. The van der Waals surface area contributed by atoms with Crippen LogP contribution in [0, 0.1) is 95.6 Å². The second-order valence-electron chi connectivity index (χ2n) is 30.1. The Morgan fingerprint density at radius 3 is 1.34 bits per heavy atom. The van der Waals surface area contributed by atoms with Crippen molar-refractivity contribution in [1.29, 1.82) is 5.26 Å². The molecule has 0 aromatic heterocycles. The number of nitriles is 1. The monoisotopic (exact) mass is 1190 g/mol. The highest BCUT2D eigenvalue weighted by atomic mass is 16.2. The Kier molecular flexibility index (Phi) is 33.0. The lowest BCUT2D eigenvalue weighted by Gasteiger charge is -2.40. The van der Waals surface area contributed by atoms with E-state index < -0.39 is 0 Å². The number of likely N-dealkylation sites (tertiary alicyclic amines) is 3. The number of hydrogen-bond donors (Lipinski definition) is 3. The van der Waals surface area contributed by atoms with Crippen molar-refractivity contribution in [3.8, 4) is 6.07 Å². The molecular formula is C72H127N11O3. The summed E-state index contributed by atoms with van der Waals surface area (Å²) in [5.74, 6) is 4.56. The fourth-order valence-electron chi connectivity index (χ4n) is 15.2. The quantitative estimate of drug-likeness (QED) is 0.143. The number of piperidine rings is 4. The molecule has 4 aliphatic carbocycles. The van der Waals surface area contributed by atoms with Crippen LogP contribution in [0.2, 0.25) is 0 Å². The van der Waals surface area contributed by atoms with Crippen LogP contribution < -0.4 is 17.2 Å². The standard InChI is InChI=1S/C12H20N2.C11H18N2.C11H19N.C10H19NO.C10H17NO.C9H18N2O.C9H16N2/c1-9(2)14-7-10-5-6-11(8-14)12(10,3)13-4;1-8(2)13-10-4-5-11(13)7-9(6-10)12-3;1-9(2)11(3)7-5-10(12-4)6-8-11;2*1-7(2)8-3-5-9(6-4-8)10(11)12;1-7(2)11-5-3-8(4-6-11)9(10)12;1-8(2)11-5-3-9(7-10)4-6-11/h9-11H,5-8H2,1-3H3;8-11H,4-7H2,1-2H3;9-10H,5-8H2,1-3H3;7-9H,3-6H2,1-2H3,(H2,11,12);3,7,9H,4-6H2,1-2H3,(H2,11,12);7-8H,3-6H2,1-2H3,(H2,10,12);8-9H,3-6H2,1-2H3. The van der Waals surface area contributed by atoms with Crippen LogP contribution in [-0.2, 0) is 14.4 Å².